The molecule has 0 unspecified atom stereocenters. The molecule has 0 heterocycles. The van der Waals surface area contributed by atoms with Crippen molar-refractivity contribution in [3.63, 3.8) is 0 Å². The Morgan fingerprint density at radius 3 is 1.57 bits per heavy atom. The summed E-state index contributed by atoms with van der Waals surface area (Å²) in [5, 5.41) is 0. The minimum atomic E-state index is 1.27. The molecular weight excluding hydrogens is 292 g/mol. The van der Waals surface area contributed by atoms with E-state index in [0.717, 1.165) is 0 Å². The Morgan fingerprint density at radius 1 is 0.667 bits per heavy atom. The van der Waals surface area contributed by atoms with Crippen molar-refractivity contribution in [3.8, 4) is 0 Å². The lowest BCUT2D eigenvalue weighted by atomic mass is 10.2. The van der Waals surface area contributed by atoms with Crippen molar-refractivity contribution in [2.24, 2.45) is 0 Å². The summed E-state index contributed by atoms with van der Waals surface area (Å²) in [6, 6.07) is 7.07. The predicted molar refractivity (Wildman–Crippen MR) is 101 cm³/mol. The van der Waals surface area contributed by atoms with Gasteiger partial charge in [-0.05, 0) is 55.0 Å². The second-order valence-electron chi connectivity index (χ2n) is 5.80. The van der Waals surface area contributed by atoms with Crippen LogP contribution in [-0.2, 0) is 0 Å². The highest BCUT2D eigenvalue weighted by molar-refractivity contribution is 8.00. The first-order valence-corrected chi connectivity index (χ1v) is 10.6. The van der Waals surface area contributed by atoms with Crippen LogP contribution in [0, 0.1) is 6.92 Å². The molecule has 120 valence electrons. The zero-order valence-electron chi connectivity index (χ0n) is 14.1. The van der Waals surface area contributed by atoms with Gasteiger partial charge >= 0.3 is 0 Å². The Labute approximate surface area is 140 Å². The van der Waals surface area contributed by atoms with Gasteiger partial charge < -0.3 is 0 Å². The number of aryl methyl sites for hydroxylation is 1. The molecule has 0 fully saturated rings. The molecule has 0 saturated carbocycles. The van der Waals surface area contributed by atoms with Gasteiger partial charge in [0.2, 0.25) is 0 Å². The monoisotopic (exact) mass is 324 g/mol. The average Bonchev–Trinajstić information content (AvgIpc) is 2.46. The maximum absolute atomic E-state index is 2.39. The number of rotatable bonds is 12. The third-order valence-corrected chi connectivity index (χ3v) is 5.68. The second kappa shape index (κ2) is 12.5. The quantitative estimate of drug-likeness (QED) is 0.291. The summed E-state index contributed by atoms with van der Waals surface area (Å²) in [4.78, 5) is 2.92. The first-order valence-electron chi connectivity index (χ1n) is 8.63. The molecule has 21 heavy (non-hydrogen) atoms. The largest absolute Gasteiger partial charge is 0.126 e. The summed E-state index contributed by atoms with van der Waals surface area (Å²) in [7, 11) is 0. The second-order valence-corrected chi connectivity index (χ2v) is 8.14. The first kappa shape index (κ1) is 19.0. The minimum absolute atomic E-state index is 1.27. The smallest absolute Gasteiger partial charge is 0.00857 e. The lowest BCUT2D eigenvalue weighted by Gasteiger charge is -2.07. The molecule has 1 aromatic carbocycles. The highest BCUT2D eigenvalue weighted by Gasteiger charge is 2.01. The van der Waals surface area contributed by atoms with Crippen molar-refractivity contribution in [1.82, 2.24) is 0 Å². The maximum atomic E-state index is 2.39. The Balaban J connectivity index is 2.32. The number of thioether (sulfide) groups is 2. The Hall–Kier alpha value is -0.0800. The molecule has 0 spiro atoms. The SMILES string of the molecule is CCCCCCSc1cc(C)cc(SCCCCCC)c1. The van der Waals surface area contributed by atoms with Gasteiger partial charge in [-0.15, -0.1) is 23.5 Å². The normalized spacial score (nSPS) is 11.0. The minimum Gasteiger partial charge on any atom is -0.126 e. The zero-order chi connectivity index (χ0) is 15.3. The molecule has 0 radical (unpaired) electrons. The Morgan fingerprint density at radius 2 is 1.14 bits per heavy atom. The maximum Gasteiger partial charge on any atom is 0.00857 e. The third-order valence-electron chi connectivity index (χ3n) is 3.56. The van der Waals surface area contributed by atoms with Crippen LogP contribution in [0.3, 0.4) is 0 Å². The summed E-state index contributed by atoms with van der Waals surface area (Å²) in [6.45, 7) is 6.78. The van der Waals surface area contributed by atoms with E-state index >= 15 is 0 Å². The van der Waals surface area contributed by atoms with Crippen molar-refractivity contribution in [2.75, 3.05) is 11.5 Å². The van der Waals surface area contributed by atoms with E-state index in [9.17, 15) is 0 Å². The molecule has 0 aromatic heterocycles. The van der Waals surface area contributed by atoms with Crippen molar-refractivity contribution in [2.45, 2.75) is 81.9 Å². The number of hydrogen-bond donors (Lipinski definition) is 0. The molecule has 0 aliphatic heterocycles. The van der Waals surface area contributed by atoms with Gasteiger partial charge in [-0.1, -0.05) is 52.4 Å². The van der Waals surface area contributed by atoms with Crippen LogP contribution in [0.4, 0.5) is 0 Å². The lowest BCUT2D eigenvalue weighted by Crippen LogP contribution is -1.85. The van der Waals surface area contributed by atoms with E-state index in [4.69, 9.17) is 0 Å². The van der Waals surface area contributed by atoms with Crippen LogP contribution in [0.15, 0.2) is 28.0 Å². The molecule has 0 saturated heterocycles. The van der Waals surface area contributed by atoms with Crippen molar-refractivity contribution in [1.29, 1.82) is 0 Å². The number of benzene rings is 1. The van der Waals surface area contributed by atoms with E-state index in [1.165, 1.54) is 78.2 Å². The van der Waals surface area contributed by atoms with E-state index < -0.39 is 0 Å². The summed E-state index contributed by atoms with van der Waals surface area (Å²) >= 11 is 4.07. The van der Waals surface area contributed by atoms with E-state index in [0.29, 0.717) is 0 Å². The fourth-order valence-corrected chi connectivity index (χ4v) is 4.52. The average molecular weight is 325 g/mol. The van der Waals surface area contributed by atoms with E-state index in [1.807, 2.05) is 23.5 Å². The third kappa shape index (κ3) is 9.52. The van der Waals surface area contributed by atoms with Crippen LogP contribution in [0.25, 0.3) is 0 Å². The van der Waals surface area contributed by atoms with E-state index in [-0.39, 0.29) is 0 Å². The van der Waals surface area contributed by atoms with Crippen LogP contribution >= 0.6 is 23.5 Å². The van der Waals surface area contributed by atoms with Crippen LogP contribution in [0.2, 0.25) is 0 Å². The van der Waals surface area contributed by atoms with Gasteiger partial charge in [0, 0.05) is 9.79 Å². The van der Waals surface area contributed by atoms with Crippen molar-refractivity contribution in [3.05, 3.63) is 23.8 Å². The summed E-state index contributed by atoms with van der Waals surface area (Å²) in [5.74, 6) is 2.54. The number of hydrogen-bond acceptors (Lipinski definition) is 2. The molecule has 0 aliphatic carbocycles. The van der Waals surface area contributed by atoms with E-state index in [1.54, 1.807) is 0 Å². The molecule has 0 bridgehead atoms. The molecule has 0 amide bonds. The fraction of sp³-hybridized carbons (Fsp3) is 0.684. The Kier molecular flexibility index (Phi) is 11.3. The standard InChI is InChI=1S/C19H32S2/c1-4-6-8-10-12-20-18-14-17(3)15-19(16-18)21-13-11-9-7-5-2/h14-16H,4-13H2,1-3H3. The molecule has 1 rings (SSSR count). The highest BCUT2D eigenvalue weighted by atomic mass is 32.2. The molecule has 0 aliphatic rings. The molecule has 0 atom stereocenters. The van der Waals surface area contributed by atoms with Crippen LogP contribution in [-0.4, -0.2) is 11.5 Å². The van der Waals surface area contributed by atoms with Crippen LogP contribution in [0.1, 0.15) is 70.8 Å². The van der Waals surface area contributed by atoms with Crippen LogP contribution in [0.5, 0.6) is 0 Å². The lowest BCUT2D eigenvalue weighted by molar-refractivity contribution is 0.706. The van der Waals surface area contributed by atoms with Gasteiger partial charge in [0.1, 0.15) is 0 Å². The van der Waals surface area contributed by atoms with Crippen molar-refractivity contribution < 1.29 is 0 Å². The van der Waals surface area contributed by atoms with Gasteiger partial charge in [0.15, 0.2) is 0 Å². The van der Waals surface area contributed by atoms with E-state index in [2.05, 4.69) is 39.0 Å². The summed E-state index contributed by atoms with van der Waals surface area (Å²) < 4.78 is 0. The Bertz CT molecular complexity index is 342. The molecular formula is C19H32S2. The highest BCUT2D eigenvalue weighted by Crippen LogP contribution is 2.28. The molecule has 2 heteroatoms. The summed E-state index contributed by atoms with van der Waals surface area (Å²) in [6.07, 6.45) is 10.9. The summed E-state index contributed by atoms with van der Waals surface area (Å²) in [5.41, 5.74) is 1.41. The van der Waals surface area contributed by atoms with Crippen molar-refractivity contribution >= 4 is 23.5 Å². The van der Waals surface area contributed by atoms with Gasteiger partial charge in [0.05, 0.1) is 0 Å². The van der Waals surface area contributed by atoms with Gasteiger partial charge in [-0.2, -0.15) is 0 Å². The molecule has 0 N–H and O–H groups in total. The predicted octanol–water partition coefficient (Wildman–Crippen LogP) is 7.34. The first-order chi connectivity index (χ1) is 10.3. The van der Waals surface area contributed by atoms with Gasteiger partial charge in [-0.3, -0.25) is 0 Å². The zero-order valence-corrected chi connectivity index (χ0v) is 15.8. The molecule has 1 aromatic rings. The van der Waals surface area contributed by atoms with Crippen LogP contribution < -0.4 is 0 Å². The topological polar surface area (TPSA) is 0 Å². The fourth-order valence-electron chi connectivity index (χ4n) is 2.32. The molecule has 0 nitrogen and oxygen atoms in total. The van der Waals surface area contributed by atoms with Gasteiger partial charge in [-0.25, -0.2) is 0 Å². The number of unbranched alkanes of at least 4 members (excludes halogenated alkanes) is 6. The van der Waals surface area contributed by atoms with Gasteiger partial charge in [0.25, 0.3) is 0 Å².